The number of oxazole rings is 1. The van der Waals surface area contributed by atoms with Gasteiger partial charge in [0.1, 0.15) is 7.05 Å². The second-order valence-electron chi connectivity index (χ2n) is 9.20. The van der Waals surface area contributed by atoms with Crippen molar-refractivity contribution in [3.63, 3.8) is 0 Å². The molecule has 0 fully saturated rings. The second kappa shape index (κ2) is 13.1. The van der Waals surface area contributed by atoms with Crippen molar-refractivity contribution in [1.29, 1.82) is 0 Å². The van der Waals surface area contributed by atoms with Gasteiger partial charge in [-0.1, -0.05) is 92.0 Å². The van der Waals surface area contributed by atoms with Crippen LogP contribution in [-0.2, 0) is 7.05 Å². The van der Waals surface area contributed by atoms with Crippen LogP contribution < -0.4 is 19.7 Å². The highest BCUT2D eigenvalue weighted by molar-refractivity contribution is 6.53. The van der Waals surface area contributed by atoms with Crippen LogP contribution in [-0.4, -0.2) is 14.3 Å². The predicted octanol–water partition coefficient (Wildman–Crippen LogP) is 7.96. The molecule has 3 aromatic carbocycles. The van der Waals surface area contributed by atoms with Crippen molar-refractivity contribution in [2.24, 2.45) is 7.05 Å². The number of allylic oxidation sites excluding steroid dienone is 2. The maximum Gasteiger partial charge on any atom is 0.374 e. The number of anilines is 1. The molecule has 1 radical (unpaired) electrons. The summed E-state index contributed by atoms with van der Waals surface area (Å²) >= 11 is 12.2. The fraction of sp³-hybridized carbons (Fsp3) is 0.258. The minimum absolute atomic E-state index is 0.685. The van der Waals surface area contributed by atoms with Gasteiger partial charge >= 0.3 is 5.89 Å². The van der Waals surface area contributed by atoms with Gasteiger partial charge in [0.05, 0.1) is 11.8 Å². The normalized spacial score (nSPS) is 13.8. The lowest BCUT2D eigenvalue weighted by atomic mass is 9.66. The molecule has 4 aromatic rings. The summed E-state index contributed by atoms with van der Waals surface area (Å²) in [6.07, 6.45) is 8.66. The van der Waals surface area contributed by atoms with Crippen molar-refractivity contribution in [2.75, 3.05) is 11.9 Å². The largest absolute Gasteiger partial charge is 0.439 e. The number of aromatic nitrogens is 1. The molecule has 4 nitrogen and oxygen atoms in total. The highest BCUT2D eigenvalue weighted by atomic mass is 35.5. The number of ether oxygens (including phenoxy) is 1. The molecular weight excluding hydrogens is 514 g/mol. The lowest BCUT2D eigenvalue weighted by Gasteiger charge is -2.11. The summed E-state index contributed by atoms with van der Waals surface area (Å²) in [7, 11) is 6.22. The molecule has 0 N–H and O–H groups in total. The van der Waals surface area contributed by atoms with E-state index < -0.39 is 0 Å². The summed E-state index contributed by atoms with van der Waals surface area (Å²) < 4.78 is 14.0. The van der Waals surface area contributed by atoms with Crippen LogP contribution in [0.2, 0.25) is 16.4 Å². The monoisotopic (exact) mass is 546 g/mol. The van der Waals surface area contributed by atoms with Gasteiger partial charge in [-0.2, -0.15) is 4.57 Å². The quantitative estimate of drug-likeness (QED) is 0.134. The number of unbranched alkanes of at least 4 members (excludes halogenated alkanes) is 1. The molecule has 0 bridgehead atoms. The molecule has 1 aliphatic heterocycles. The molecule has 0 aliphatic carbocycles. The van der Waals surface area contributed by atoms with E-state index in [-0.39, 0.29) is 0 Å². The molecule has 2 heterocycles. The van der Waals surface area contributed by atoms with Gasteiger partial charge in [-0.15, -0.1) is 0 Å². The molecule has 0 unspecified atom stereocenters. The van der Waals surface area contributed by atoms with Crippen molar-refractivity contribution in [3.8, 4) is 5.75 Å². The van der Waals surface area contributed by atoms with Crippen LogP contribution in [0.15, 0.2) is 88.7 Å². The Morgan fingerprint density at radius 2 is 1.74 bits per heavy atom. The standard InChI is InChI=1S/C21H19Cl2N2O2.C10H14B/c1-4-13(9-20-24(2)16-11-14(22)5-7-18(16)26-20)10-21-25(3)17-12-15(23)6-8-19(17)27-21;1-2-3-9-11-10-7-5-4-6-8-10/h5-12H,4H2,1-3H3;4-8H,2-3,9H2,1H3/q+1;. The molecule has 0 spiro atoms. The van der Waals surface area contributed by atoms with Gasteiger partial charge in [-0.05, 0) is 42.3 Å². The van der Waals surface area contributed by atoms with Crippen molar-refractivity contribution in [2.45, 2.75) is 39.4 Å². The summed E-state index contributed by atoms with van der Waals surface area (Å²) in [4.78, 5) is 1.99. The Morgan fingerprint density at radius 3 is 2.47 bits per heavy atom. The zero-order chi connectivity index (χ0) is 27.1. The fourth-order valence-electron chi connectivity index (χ4n) is 4.16. The number of aryl methyl sites for hydroxylation is 1. The van der Waals surface area contributed by atoms with Gasteiger partial charge in [-0.3, -0.25) is 0 Å². The maximum atomic E-state index is 6.11. The summed E-state index contributed by atoms with van der Waals surface area (Å²) in [6, 6.07) is 21.7. The van der Waals surface area contributed by atoms with Gasteiger partial charge in [-0.25, -0.2) is 0 Å². The van der Waals surface area contributed by atoms with Crippen LogP contribution in [0.5, 0.6) is 5.75 Å². The van der Waals surface area contributed by atoms with E-state index in [1.165, 1.54) is 24.6 Å². The number of nitrogens with zero attached hydrogens (tertiary/aromatic N) is 2. The zero-order valence-corrected chi connectivity index (χ0v) is 23.9. The van der Waals surface area contributed by atoms with E-state index in [2.05, 4.69) is 51.5 Å². The number of hydrogen-bond donors (Lipinski definition) is 0. The van der Waals surface area contributed by atoms with Crippen molar-refractivity contribution < 1.29 is 13.7 Å². The molecule has 0 saturated heterocycles. The first-order valence-electron chi connectivity index (χ1n) is 13.0. The highest BCUT2D eigenvalue weighted by Crippen LogP contribution is 2.40. The van der Waals surface area contributed by atoms with Gasteiger partial charge < -0.3 is 14.1 Å². The third-order valence-corrected chi connectivity index (χ3v) is 6.89. The highest BCUT2D eigenvalue weighted by Gasteiger charge is 2.24. The SMILES string of the molecule is CCC(=Cc1oc2ccc(Cl)cc2[n+]1C)C=C1Oc2ccc(Cl)cc2N1C.CCCC[B]c1ccccc1. The molecule has 1 aliphatic rings. The minimum Gasteiger partial charge on any atom is -0.439 e. The average molecular weight is 547 g/mol. The predicted molar refractivity (Wildman–Crippen MR) is 161 cm³/mol. The molecule has 7 heteroatoms. The van der Waals surface area contributed by atoms with Crippen LogP contribution in [0.3, 0.4) is 0 Å². The van der Waals surface area contributed by atoms with Crippen molar-refractivity contribution >= 4 is 58.8 Å². The molecule has 1 aromatic heterocycles. The van der Waals surface area contributed by atoms with E-state index in [4.69, 9.17) is 32.4 Å². The van der Waals surface area contributed by atoms with Crippen LogP contribution in [0, 0.1) is 0 Å². The molecule has 195 valence electrons. The van der Waals surface area contributed by atoms with Gasteiger partial charge in [0.15, 0.2) is 13.0 Å². The number of benzene rings is 3. The number of fused-ring (bicyclic) bond motifs is 2. The van der Waals surface area contributed by atoms with Crippen LogP contribution in [0.25, 0.3) is 17.2 Å². The Balaban J connectivity index is 0.000000257. The lowest BCUT2D eigenvalue weighted by molar-refractivity contribution is -0.652. The molecule has 5 rings (SSSR count). The average Bonchev–Trinajstić information content (AvgIpc) is 3.40. The third-order valence-electron chi connectivity index (χ3n) is 6.42. The van der Waals surface area contributed by atoms with Gasteiger partial charge in [0.25, 0.3) is 5.52 Å². The Morgan fingerprint density at radius 1 is 1.00 bits per heavy atom. The molecular formula is C31H33BCl2N2O2+. The summed E-state index contributed by atoms with van der Waals surface area (Å²) in [5, 5.41) is 1.37. The topological polar surface area (TPSA) is 29.5 Å². The summed E-state index contributed by atoms with van der Waals surface area (Å²) in [5.74, 6) is 2.30. The Labute approximate surface area is 236 Å². The smallest absolute Gasteiger partial charge is 0.374 e. The van der Waals surface area contributed by atoms with E-state index >= 15 is 0 Å². The minimum atomic E-state index is 0.685. The van der Waals surface area contributed by atoms with Crippen molar-refractivity contribution in [1.82, 2.24) is 0 Å². The zero-order valence-electron chi connectivity index (χ0n) is 22.4. The first kappa shape index (κ1) is 27.9. The molecule has 0 atom stereocenters. The van der Waals surface area contributed by atoms with Crippen LogP contribution >= 0.6 is 23.2 Å². The molecule has 0 amide bonds. The van der Waals surface area contributed by atoms with Crippen LogP contribution in [0.4, 0.5) is 5.69 Å². The number of halogens is 2. The first-order valence-corrected chi connectivity index (χ1v) is 13.7. The lowest BCUT2D eigenvalue weighted by Crippen LogP contribution is -2.29. The Kier molecular flexibility index (Phi) is 9.60. The number of rotatable bonds is 7. The maximum absolute atomic E-state index is 6.11. The Bertz CT molecular complexity index is 1450. The van der Waals surface area contributed by atoms with E-state index in [9.17, 15) is 0 Å². The third kappa shape index (κ3) is 6.83. The van der Waals surface area contributed by atoms with Crippen molar-refractivity contribution in [3.05, 3.63) is 100 Å². The first-order chi connectivity index (χ1) is 18.4. The fourth-order valence-corrected chi connectivity index (χ4v) is 4.49. The van der Waals surface area contributed by atoms with E-state index in [1.54, 1.807) is 0 Å². The van der Waals surface area contributed by atoms with Crippen LogP contribution in [0.1, 0.15) is 39.0 Å². The van der Waals surface area contributed by atoms with Gasteiger partial charge in [0, 0.05) is 29.2 Å². The molecule has 0 saturated carbocycles. The van der Waals surface area contributed by atoms with E-state index in [1.807, 2.05) is 72.1 Å². The Hall–Kier alpha value is -3.15. The molecule has 38 heavy (non-hydrogen) atoms. The number of hydrogen-bond acceptors (Lipinski definition) is 3. The van der Waals surface area contributed by atoms with E-state index in [0.717, 1.165) is 46.3 Å². The van der Waals surface area contributed by atoms with Gasteiger partial charge in [0.2, 0.25) is 11.5 Å². The summed E-state index contributed by atoms with van der Waals surface area (Å²) in [6.45, 7) is 4.32. The summed E-state index contributed by atoms with van der Waals surface area (Å²) in [5.41, 5.74) is 5.13. The van der Waals surface area contributed by atoms with E-state index in [0.29, 0.717) is 10.0 Å². The second-order valence-corrected chi connectivity index (χ2v) is 10.1.